The topological polar surface area (TPSA) is 78.5 Å². The van der Waals surface area contributed by atoms with E-state index in [0.29, 0.717) is 11.3 Å². The van der Waals surface area contributed by atoms with Crippen LogP contribution in [0.2, 0.25) is 0 Å². The van der Waals surface area contributed by atoms with Gasteiger partial charge in [-0.2, -0.15) is 0 Å². The molecule has 0 saturated carbocycles. The number of thioether (sulfide) groups is 1. The van der Waals surface area contributed by atoms with E-state index in [4.69, 9.17) is 4.74 Å². The second kappa shape index (κ2) is 7.52. The van der Waals surface area contributed by atoms with Crippen molar-refractivity contribution in [2.75, 3.05) is 7.11 Å². The summed E-state index contributed by atoms with van der Waals surface area (Å²) in [6.07, 6.45) is 0. The zero-order valence-corrected chi connectivity index (χ0v) is 16.0. The van der Waals surface area contributed by atoms with Gasteiger partial charge in [-0.1, -0.05) is 32.0 Å². The highest BCUT2D eigenvalue weighted by molar-refractivity contribution is 8.00. The number of allylic oxidation sites excluding steroid dienone is 1. The first-order chi connectivity index (χ1) is 11.7. The van der Waals surface area contributed by atoms with E-state index in [-0.39, 0.29) is 5.25 Å². The number of hydrogen-bond donors (Lipinski definition) is 1. The molecule has 0 fully saturated rings. The number of esters is 1. The number of nitrogens with one attached hydrogen (secondary N) is 1. The highest BCUT2D eigenvalue weighted by Crippen LogP contribution is 2.43. The molecule has 0 bridgehead atoms. The third-order valence-electron chi connectivity index (χ3n) is 5.02. The van der Waals surface area contributed by atoms with Crippen LogP contribution >= 0.6 is 11.8 Å². The molecule has 0 spiro atoms. The Hall–Kier alpha value is -1.95. The van der Waals surface area contributed by atoms with Crippen LogP contribution in [0.3, 0.4) is 0 Å². The Bertz CT molecular complexity index is 688. The van der Waals surface area contributed by atoms with Crippen LogP contribution in [0.5, 0.6) is 0 Å². The van der Waals surface area contributed by atoms with Crippen molar-refractivity contribution in [2.24, 2.45) is 11.8 Å². The molecule has 0 amide bonds. The quantitative estimate of drug-likeness (QED) is 0.637. The molecule has 4 unspecified atom stereocenters. The fourth-order valence-electron chi connectivity index (χ4n) is 3.65. The summed E-state index contributed by atoms with van der Waals surface area (Å²) in [4.78, 5) is 25.1. The Morgan fingerprint density at radius 3 is 2.44 bits per heavy atom. The lowest BCUT2D eigenvalue weighted by Gasteiger charge is -2.50. The predicted octanol–water partition coefficient (Wildman–Crippen LogP) is 1.98. The lowest BCUT2D eigenvalue weighted by Crippen LogP contribution is -2.64. The highest BCUT2D eigenvalue weighted by atomic mass is 32.2. The van der Waals surface area contributed by atoms with Gasteiger partial charge in [0.25, 0.3) is 0 Å². The van der Waals surface area contributed by atoms with Gasteiger partial charge in [-0.05, 0) is 26.0 Å². The number of methoxy groups -OCH3 is 1. The van der Waals surface area contributed by atoms with Crippen molar-refractivity contribution >= 4 is 23.7 Å². The largest absolute Gasteiger partial charge is 0.550 e. The first kappa shape index (κ1) is 19.4. The smallest absolute Gasteiger partial charge is 0.335 e. The van der Waals surface area contributed by atoms with Crippen molar-refractivity contribution < 1.29 is 19.4 Å². The number of hydrogen-bond acceptors (Lipinski definition) is 6. The van der Waals surface area contributed by atoms with Gasteiger partial charge in [0.15, 0.2) is 0 Å². The molecule has 1 N–H and O–H groups in total. The standard InChI is InChI=1S/C19H25NO4S/c1-11-15(18(23)24-5)12(2)20-19(4,16(11)17(21)22)13(3)25-14-9-7-6-8-10-14/h6-11,13,16,20H,1-5H3,(H,21,22)/p-1. The molecule has 0 saturated heterocycles. The van der Waals surface area contributed by atoms with Crippen LogP contribution in [0.1, 0.15) is 27.7 Å². The van der Waals surface area contributed by atoms with Crippen LogP contribution in [0.4, 0.5) is 0 Å². The molecule has 25 heavy (non-hydrogen) atoms. The summed E-state index contributed by atoms with van der Waals surface area (Å²) in [7, 11) is 1.30. The van der Waals surface area contributed by atoms with Crippen LogP contribution in [0.15, 0.2) is 46.5 Å². The zero-order valence-electron chi connectivity index (χ0n) is 15.2. The molecular weight excluding hydrogens is 338 g/mol. The second-order valence-corrected chi connectivity index (χ2v) is 8.01. The Morgan fingerprint density at radius 2 is 1.92 bits per heavy atom. The molecule has 136 valence electrons. The van der Waals surface area contributed by atoms with Gasteiger partial charge < -0.3 is 20.0 Å². The monoisotopic (exact) mass is 362 g/mol. The minimum atomic E-state index is -1.17. The number of carbonyl (C=O) groups excluding carboxylic acids is 2. The van der Waals surface area contributed by atoms with Gasteiger partial charge in [-0.15, -0.1) is 11.8 Å². The molecule has 6 heteroatoms. The highest BCUT2D eigenvalue weighted by Gasteiger charge is 2.49. The number of ether oxygens (including phenoxy) is 1. The number of aliphatic carboxylic acids is 1. The summed E-state index contributed by atoms with van der Waals surface area (Å²) in [6.45, 7) is 7.40. The van der Waals surface area contributed by atoms with Gasteiger partial charge in [-0.3, -0.25) is 0 Å². The van der Waals surface area contributed by atoms with E-state index < -0.39 is 29.3 Å². The Morgan fingerprint density at radius 1 is 1.32 bits per heavy atom. The SMILES string of the molecule is COC(=O)C1=C(C)NC(C)(C(C)Sc2ccccc2)C(C(=O)[O-])C1C. The van der Waals surface area contributed by atoms with E-state index in [1.807, 2.05) is 44.2 Å². The number of carbonyl (C=O) groups is 2. The predicted molar refractivity (Wildman–Crippen MR) is 95.7 cm³/mol. The average Bonchev–Trinajstić information content (AvgIpc) is 2.54. The molecule has 5 nitrogen and oxygen atoms in total. The van der Waals surface area contributed by atoms with Crippen molar-refractivity contribution in [1.82, 2.24) is 5.32 Å². The Balaban J connectivity index is 2.42. The molecule has 1 aromatic carbocycles. The van der Waals surface area contributed by atoms with Crippen LogP contribution in [0.25, 0.3) is 0 Å². The average molecular weight is 362 g/mol. The third-order valence-corrected chi connectivity index (χ3v) is 6.41. The van der Waals surface area contributed by atoms with E-state index in [1.54, 1.807) is 25.6 Å². The molecular formula is C19H24NO4S-. The maximum Gasteiger partial charge on any atom is 0.335 e. The van der Waals surface area contributed by atoms with Gasteiger partial charge in [0.1, 0.15) is 0 Å². The Kier molecular flexibility index (Phi) is 5.83. The molecule has 1 aliphatic heterocycles. The van der Waals surface area contributed by atoms with Gasteiger partial charge in [0, 0.05) is 33.6 Å². The van der Waals surface area contributed by atoms with E-state index >= 15 is 0 Å². The summed E-state index contributed by atoms with van der Waals surface area (Å²) in [5, 5.41) is 15.2. The van der Waals surface area contributed by atoms with Crippen molar-refractivity contribution in [1.29, 1.82) is 0 Å². The summed E-state index contributed by atoms with van der Waals surface area (Å²) in [5.74, 6) is -3.05. The molecule has 4 atom stereocenters. The van der Waals surface area contributed by atoms with E-state index in [0.717, 1.165) is 4.90 Å². The number of carboxylic acid groups (broad SMARTS) is 1. The fourth-order valence-corrected chi connectivity index (χ4v) is 4.83. The number of rotatable bonds is 5. The number of benzene rings is 1. The summed E-state index contributed by atoms with van der Waals surface area (Å²) in [5.41, 5.74) is 0.242. The van der Waals surface area contributed by atoms with Crippen molar-refractivity contribution in [3.63, 3.8) is 0 Å². The van der Waals surface area contributed by atoms with Crippen LogP contribution in [-0.2, 0) is 14.3 Å². The maximum absolute atomic E-state index is 12.1. The van der Waals surface area contributed by atoms with E-state index in [1.165, 1.54) is 7.11 Å². The molecule has 0 aliphatic carbocycles. The van der Waals surface area contributed by atoms with Gasteiger partial charge in [-0.25, -0.2) is 4.79 Å². The van der Waals surface area contributed by atoms with Crippen LogP contribution < -0.4 is 10.4 Å². The zero-order chi connectivity index (χ0) is 18.8. The summed E-state index contributed by atoms with van der Waals surface area (Å²) < 4.78 is 4.83. The fraction of sp³-hybridized carbons (Fsp3) is 0.474. The second-order valence-electron chi connectivity index (χ2n) is 6.60. The molecule has 1 aliphatic rings. The van der Waals surface area contributed by atoms with Crippen molar-refractivity contribution in [2.45, 2.75) is 43.4 Å². The molecule has 0 radical (unpaired) electrons. The first-order valence-corrected chi connectivity index (χ1v) is 9.10. The summed E-state index contributed by atoms with van der Waals surface area (Å²) >= 11 is 1.60. The molecule has 0 aromatic heterocycles. The van der Waals surface area contributed by atoms with E-state index in [2.05, 4.69) is 5.32 Å². The molecule has 1 aromatic rings. The van der Waals surface area contributed by atoms with Gasteiger partial charge in [0.2, 0.25) is 0 Å². The molecule has 2 rings (SSSR count). The maximum atomic E-state index is 12.1. The normalized spacial score (nSPS) is 27.4. The van der Waals surface area contributed by atoms with Gasteiger partial charge >= 0.3 is 5.97 Å². The lowest BCUT2D eigenvalue weighted by atomic mass is 9.69. The molecule has 1 heterocycles. The third kappa shape index (κ3) is 3.68. The minimum absolute atomic E-state index is 0.0746. The minimum Gasteiger partial charge on any atom is -0.550 e. The van der Waals surface area contributed by atoms with Crippen LogP contribution in [-0.4, -0.2) is 29.8 Å². The van der Waals surface area contributed by atoms with Gasteiger partial charge in [0.05, 0.1) is 18.2 Å². The van der Waals surface area contributed by atoms with Crippen molar-refractivity contribution in [3.8, 4) is 0 Å². The lowest BCUT2D eigenvalue weighted by molar-refractivity contribution is -0.315. The van der Waals surface area contributed by atoms with Crippen molar-refractivity contribution in [3.05, 3.63) is 41.6 Å². The Labute approximate surface area is 152 Å². The van der Waals surface area contributed by atoms with Crippen LogP contribution in [0, 0.1) is 11.8 Å². The first-order valence-electron chi connectivity index (χ1n) is 8.22. The van der Waals surface area contributed by atoms with E-state index in [9.17, 15) is 14.7 Å². The number of carboxylic acids is 1. The summed E-state index contributed by atoms with van der Waals surface area (Å²) in [6, 6.07) is 9.83.